The molecule has 0 atom stereocenters. The number of phenols is 1. The van der Waals surface area contributed by atoms with Crippen LogP contribution in [-0.4, -0.2) is 29.2 Å². The lowest BCUT2D eigenvalue weighted by atomic mass is 10.1. The molecule has 0 aromatic heterocycles. The minimum Gasteiger partial charge on any atom is -0.504 e. The van der Waals surface area contributed by atoms with Crippen molar-refractivity contribution in [1.82, 2.24) is 0 Å². The Hall–Kier alpha value is -3.61. The summed E-state index contributed by atoms with van der Waals surface area (Å²) in [5.41, 5.74) is 7.83. The summed E-state index contributed by atoms with van der Waals surface area (Å²) in [5.74, 6) is -0.429. The fourth-order valence-electron chi connectivity index (χ4n) is 2.68. The van der Waals surface area contributed by atoms with Crippen molar-refractivity contribution in [3.63, 3.8) is 0 Å². The summed E-state index contributed by atoms with van der Waals surface area (Å²) in [7, 11) is 0. The first-order chi connectivity index (χ1) is 12.9. The van der Waals surface area contributed by atoms with Crippen LogP contribution in [-0.2, 0) is 4.79 Å². The van der Waals surface area contributed by atoms with Gasteiger partial charge in [-0.3, -0.25) is 9.59 Å². The second-order valence-electron chi connectivity index (χ2n) is 5.93. The summed E-state index contributed by atoms with van der Waals surface area (Å²) < 4.78 is 5.37. The molecule has 0 bridgehead atoms. The summed E-state index contributed by atoms with van der Waals surface area (Å²) in [6.07, 6.45) is 1.70. The van der Waals surface area contributed by atoms with E-state index in [-0.39, 0.29) is 11.7 Å². The molecule has 0 fully saturated rings. The summed E-state index contributed by atoms with van der Waals surface area (Å²) in [6, 6.07) is 11.2. The first-order valence-corrected chi connectivity index (χ1v) is 8.38. The van der Waals surface area contributed by atoms with Crippen LogP contribution in [0, 0.1) is 0 Å². The van der Waals surface area contributed by atoms with Crippen LogP contribution < -0.4 is 15.5 Å². The van der Waals surface area contributed by atoms with Crippen LogP contribution in [0.25, 0.3) is 6.08 Å². The average molecular weight is 365 g/mol. The highest BCUT2D eigenvalue weighted by Gasteiger charge is 2.28. The second kappa shape index (κ2) is 7.33. The molecule has 1 aliphatic rings. The lowest BCUT2D eigenvalue weighted by molar-refractivity contribution is -0.114. The maximum absolute atomic E-state index is 12.8. The fourth-order valence-corrected chi connectivity index (χ4v) is 2.68. The molecule has 7 heteroatoms. The molecule has 0 unspecified atom stereocenters. The maximum Gasteiger partial charge on any atom is 0.280 e. The van der Waals surface area contributed by atoms with E-state index in [4.69, 9.17) is 10.5 Å². The number of carbonyl (C=O) groups excluding carboxylic acids is 2. The van der Waals surface area contributed by atoms with Crippen molar-refractivity contribution in [2.75, 3.05) is 11.6 Å². The number of carbonyl (C=O) groups is 2. The van der Waals surface area contributed by atoms with Crippen LogP contribution in [0.4, 0.5) is 5.69 Å². The molecule has 0 radical (unpaired) electrons. The molecule has 1 heterocycles. The third-order valence-corrected chi connectivity index (χ3v) is 4.05. The van der Waals surface area contributed by atoms with Gasteiger partial charge < -0.3 is 15.6 Å². The van der Waals surface area contributed by atoms with E-state index in [0.717, 1.165) is 0 Å². The number of rotatable bonds is 5. The Bertz CT molecular complexity index is 962. The molecule has 7 nitrogen and oxygen atoms in total. The van der Waals surface area contributed by atoms with Crippen LogP contribution in [0.2, 0.25) is 0 Å². The zero-order chi connectivity index (χ0) is 19.6. The van der Waals surface area contributed by atoms with E-state index in [1.54, 1.807) is 49.4 Å². The molecule has 138 valence electrons. The largest absolute Gasteiger partial charge is 0.504 e. The molecule has 3 rings (SSSR count). The predicted molar refractivity (Wildman–Crippen MR) is 103 cm³/mol. The quantitative estimate of drug-likeness (QED) is 0.795. The Kier molecular flexibility index (Phi) is 4.94. The van der Waals surface area contributed by atoms with Crippen molar-refractivity contribution in [1.29, 1.82) is 0 Å². The molecule has 0 saturated carbocycles. The normalized spacial score (nSPS) is 15.2. The van der Waals surface area contributed by atoms with Crippen molar-refractivity contribution < 1.29 is 19.4 Å². The van der Waals surface area contributed by atoms with Gasteiger partial charge >= 0.3 is 0 Å². The SMILES string of the molecule is CCOc1cc(C=C2C(=O)N(c3ccc(C(N)=O)cc3)N=C2C)ccc1O. The monoisotopic (exact) mass is 365 g/mol. The van der Waals surface area contributed by atoms with Crippen molar-refractivity contribution in [3.05, 3.63) is 59.2 Å². The number of hydrazone groups is 1. The molecule has 0 spiro atoms. The van der Waals surface area contributed by atoms with Gasteiger partial charge in [0.1, 0.15) is 0 Å². The highest BCUT2D eigenvalue weighted by Crippen LogP contribution is 2.30. The van der Waals surface area contributed by atoms with Gasteiger partial charge in [-0.25, -0.2) is 0 Å². The Labute approximate surface area is 156 Å². The van der Waals surface area contributed by atoms with Gasteiger partial charge in [-0.2, -0.15) is 10.1 Å². The van der Waals surface area contributed by atoms with Crippen molar-refractivity contribution in [3.8, 4) is 11.5 Å². The lowest BCUT2D eigenvalue weighted by Crippen LogP contribution is -2.21. The van der Waals surface area contributed by atoms with E-state index >= 15 is 0 Å². The van der Waals surface area contributed by atoms with Crippen LogP contribution >= 0.6 is 0 Å². The minimum atomic E-state index is -0.535. The van der Waals surface area contributed by atoms with E-state index < -0.39 is 5.91 Å². The number of ether oxygens (including phenoxy) is 1. The van der Waals surface area contributed by atoms with Gasteiger partial charge in [0.15, 0.2) is 11.5 Å². The lowest BCUT2D eigenvalue weighted by Gasteiger charge is -2.12. The molecule has 2 amide bonds. The number of nitrogens with zero attached hydrogens (tertiary/aromatic N) is 2. The summed E-state index contributed by atoms with van der Waals surface area (Å²) >= 11 is 0. The molecule has 0 aliphatic carbocycles. The van der Waals surface area contributed by atoms with Gasteiger partial charge in [-0.1, -0.05) is 6.07 Å². The summed E-state index contributed by atoms with van der Waals surface area (Å²) in [4.78, 5) is 24.0. The third kappa shape index (κ3) is 3.67. The number of hydrogen-bond acceptors (Lipinski definition) is 5. The van der Waals surface area contributed by atoms with Gasteiger partial charge in [0, 0.05) is 5.56 Å². The topological polar surface area (TPSA) is 105 Å². The van der Waals surface area contributed by atoms with Crippen LogP contribution in [0.3, 0.4) is 0 Å². The Morgan fingerprint density at radius 1 is 1.26 bits per heavy atom. The van der Waals surface area contributed by atoms with Crippen molar-refractivity contribution in [2.24, 2.45) is 10.8 Å². The molecule has 3 N–H and O–H groups in total. The van der Waals surface area contributed by atoms with Gasteiger partial charge in [-0.05, 0) is 61.9 Å². The highest BCUT2D eigenvalue weighted by molar-refractivity contribution is 6.32. The number of primary amides is 1. The number of amides is 2. The first kappa shape index (κ1) is 18.2. The molecule has 1 aliphatic heterocycles. The Morgan fingerprint density at radius 3 is 2.59 bits per heavy atom. The van der Waals surface area contributed by atoms with Crippen LogP contribution in [0.1, 0.15) is 29.8 Å². The zero-order valence-corrected chi connectivity index (χ0v) is 15.0. The zero-order valence-electron chi connectivity index (χ0n) is 15.0. The van der Waals surface area contributed by atoms with Gasteiger partial charge in [-0.15, -0.1) is 0 Å². The third-order valence-electron chi connectivity index (χ3n) is 4.05. The molecular weight excluding hydrogens is 346 g/mol. The molecule has 2 aromatic carbocycles. The van der Waals surface area contributed by atoms with Crippen molar-refractivity contribution in [2.45, 2.75) is 13.8 Å². The molecule has 27 heavy (non-hydrogen) atoms. The van der Waals surface area contributed by atoms with Gasteiger partial charge in [0.05, 0.1) is 23.6 Å². The van der Waals surface area contributed by atoms with E-state index in [2.05, 4.69) is 5.10 Å². The summed E-state index contributed by atoms with van der Waals surface area (Å²) in [6.45, 7) is 3.98. The van der Waals surface area contributed by atoms with Gasteiger partial charge in [0.25, 0.3) is 5.91 Å². The number of benzene rings is 2. The van der Waals surface area contributed by atoms with Crippen LogP contribution in [0.5, 0.6) is 11.5 Å². The van der Waals surface area contributed by atoms with Gasteiger partial charge in [0.2, 0.25) is 5.91 Å². The van der Waals surface area contributed by atoms with E-state index in [1.165, 1.54) is 11.1 Å². The number of anilines is 1. The number of nitrogens with two attached hydrogens (primary N) is 1. The maximum atomic E-state index is 12.8. The van der Waals surface area contributed by atoms with E-state index in [0.29, 0.717) is 40.5 Å². The fraction of sp³-hybridized carbons (Fsp3) is 0.150. The highest BCUT2D eigenvalue weighted by atomic mass is 16.5. The van der Waals surface area contributed by atoms with E-state index in [9.17, 15) is 14.7 Å². The Morgan fingerprint density at radius 2 is 1.96 bits per heavy atom. The molecule has 2 aromatic rings. The van der Waals surface area contributed by atoms with Crippen LogP contribution in [0.15, 0.2) is 53.1 Å². The summed E-state index contributed by atoms with van der Waals surface area (Å²) in [5, 5.41) is 15.4. The average Bonchev–Trinajstić information content (AvgIpc) is 2.93. The van der Waals surface area contributed by atoms with E-state index in [1.807, 2.05) is 6.92 Å². The minimum absolute atomic E-state index is 0.0401. The second-order valence-corrected chi connectivity index (χ2v) is 5.93. The number of hydrogen-bond donors (Lipinski definition) is 2. The molecule has 0 saturated heterocycles. The van der Waals surface area contributed by atoms with Crippen molar-refractivity contribution >= 4 is 29.3 Å². The molecular formula is C20H19N3O4. The number of aromatic hydroxyl groups is 1. The predicted octanol–water partition coefficient (Wildman–Crippen LogP) is 2.70. The number of phenolic OH excluding ortho intramolecular Hbond substituents is 1. The Balaban J connectivity index is 1.90. The smallest absolute Gasteiger partial charge is 0.280 e. The first-order valence-electron chi connectivity index (χ1n) is 8.38. The standard InChI is InChI=1S/C20H19N3O4/c1-3-27-18-11-13(4-9-17(18)24)10-16-12(2)22-23(20(16)26)15-7-5-14(6-8-15)19(21)25/h4-11,24H,3H2,1-2H3,(H2,21,25).